The van der Waals surface area contributed by atoms with Crippen molar-refractivity contribution in [3.8, 4) is 33.4 Å². The van der Waals surface area contributed by atoms with E-state index in [0.717, 1.165) is 51.4 Å². The molecule has 0 amide bonds. The fourth-order valence-corrected chi connectivity index (χ4v) is 14.1. The van der Waals surface area contributed by atoms with Gasteiger partial charge in [0, 0.05) is 5.92 Å². The molecule has 0 radical (unpaired) electrons. The number of hydrogen-bond donors (Lipinski definition) is 0. The molecule has 0 nitrogen and oxygen atoms in total. The van der Waals surface area contributed by atoms with Crippen molar-refractivity contribution in [2.24, 2.45) is 17.8 Å². The summed E-state index contributed by atoms with van der Waals surface area (Å²) in [6, 6.07) is 40.0. The summed E-state index contributed by atoms with van der Waals surface area (Å²) in [6.07, 6.45) is 34.7. The van der Waals surface area contributed by atoms with E-state index in [4.69, 9.17) is 0 Å². The van der Waals surface area contributed by atoms with E-state index in [-0.39, 0.29) is 0 Å². The molecule has 0 saturated carbocycles. The second kappa shape index (κ2) is 14.9. The molecule has 0 aliphatic heterocycles. The average molecular weight is 847 g/mol. The van der Waals surface area contributed by atoms with Crippen molar-refractivity contribution in [1.29, 1.82) is 0 Å². The van der Waals surface area contributed by atoms with Gasteiger partial charge in [0.05, 0.1) is 0 Å². The Labute approximate surface area is 389 Å². The summed E-state index contributed by atoms with van der Waals surface area (Å²) in [6.45, 7) is 4.79. The molecular formula is C66H54. The lowest BCUT2D eigenvalue weighted by Crippen LogP contribution is -2.25. The van der Waals surface area contributed by atoms with Crippen molar-refractivity contribution in [1.82, 2.24) is 0 Å². The fraction of sp³-hybridized carbons (Fsp3) is 0.212. The number of benzene rings is 6. The predicted molar refractivity (Wildman–Crippen MR) is 281 cm³/mol. The molecular weight excluding hydrogens is 793 g/mol. The summed E-state index contributed by atoms with van der Waals surface area (Å²) in [5.74, 6) is 1.33. The molecule has 318 valence electrons. The maximum absolute atomic E-state index is 2.73. The first-order valence-corrected chi connectivity index (χ1v) is 25.0. The van der Waals surface area contributed by atoms with Crippen LogP contribution >= 0.6 is 0 Å². The summed E-state index contributed by atoms with van der Waals surface area (Å²) in [7, 11) is 0. The topological polar surface area (TPSA) is 0 Å². The van der Waals surface area contributed by atoms with E-state index in [1.54, 1.807) is 33.4 Å². The molecule has 0 aromatic heterocycles. The summed E-state index contributed by atoms with van der Waals surface area (Å²) < 4.78 is 0. The third kappa shape index (κ3) is 5.51. The quantitative estimate of drug-likeness (QED) is 0.152. The van der Waals surface area contributed by atoms with Crippen molar-refractivity contribution < 1.29 is 0 Å². The zero-order valence-electron chi connectivity index (χ0n) is 38.2. The minimum absolute atomic E-state index is 0.316. The molecule has 8 aliphatic carbocycles. The lowest BCUT2D eigenvalue weighted by Gasteiger charge is -2.38. The van der Waals surface area contributed by atoms with Gasteiger partial charge in [-0.15, -0.1) is 0 Å². The maximum Gasteiger partial charge on any atom is 0.0168 e. The monoisotopic (exact) mass is 846 g/mol. The number of allylic oxidation sites excluding steroid dienone is 20. The molecule has 0 spiro atoms. The summed E-state index contributed by atoms with van der Waals surface area (Å²) >= 11 is 0. The van der Waals surface area contributed by atoms with Crippen molar-refractivity contribution >= 4 is 49.4 Å². The molecule has 8 aliphatic rings. The fourth-order valence-electron chi connectivity index (χ4n) is 14.1. The van der Waals surface area contributed by atoms with E-state index in [2.05, 4.69) is 178 Å². The van der Waals surface area contributed by atoms with Gasteiger partial charge in [0.15, 0.2) is 0 Å². The third-order valence-electron chi connectivity index (χ3n) is 16.8. The van der Waals surface area contributed by atoms with Crippen LogP contribution in [0.15, 0.2) is 192 Å². The Hall–Kier alpha value is -6.76. The van der Waals surface area contributed by atoms with Gasteiger partial charge in [-0.3, -0.25) is 0 Å². The van der Waals surface area contributed by atoms with Gasteiger partial charge in [-0.1, -0.05) is 165 Å². The highest BCUT2D eigenvalue weighted by molar-refractivity contribution is 6.31. The van der Waals surface area contributed by atoms with Gasteiger partial charge in [-0.05, 0) is 221 Å². The van der Waals surface area contributed by atoms with E-state index in [1.807, 2.05) is 0 Å². The van der Waals surface area contributed by atoms with E-state index in [0.29, 0.717) is 17.8 Å². The smallest absolute Gasteiger partial charge is 0.0168 e. The number of rotatable bonds is 5. The molecule has 0 heteroatoms. The SMILES string of the molecule is CC1=C(C2=CC3=C(C=C4c5c(c(-c6ccccc6-c6ccccc6)c6cc7c8c(cccc8c6c5-c5ccccc5C5=CC=CCC5)C5=C7CCC=C5)C5=CCCC3C54)CC2)C(C)CC=C1. The minimum atomic E-state index is 0.316. The molecule has 0 N–H and O–H groups in total. The molecule has 0 fully saturated rings. The van der Waals surface area contributed by atoms with E-state index >= 15 is 0 Å². The maximum atomic E-state index is 2.73. The van der Waals surface area contributed by atoms with Crippen molar-refractivity contribution in [2.45, 2.75) is 71.6 Å². The Balaban J connectivity index is 1.16. The highest BCUT2D eigenvalue weighted by Crippen LogP contribution is 2.65. The first-order valence-electron chi connectivity index (χ1n) is 25.0. The molecule has 3 unspecified atom stereocenters. The number of fused-ring (bicyclic) bond motifs is 8. The highest BCUT2D eigenvalue weighted by atomic mass is 14.5. The summed E-state index contributed by atoms with van der Waals surface area (Å²) in [4.78, 5) is 0. The lowest BCUT2D eigenvalue weighted by molar-refractivity contribution is 0.493. The van der Waals surface area contributed by atoms with Crippen LogP contribution in [0.3, 0.4) is 0 Å². The number of hydrogen-bond acceptors (Lipinski definition) is 0. The molecule has 0 heterocycles. The van der Waals surface area contributed by atoms with Crippen molar-refractivity contribution in [3.05, 3.63) is 220 Å². The van der Waals surface area contributed by atoms with E-state index in [1.165, 1.54) is 111 Å². The predicted octanol–water partition coefficient (Wildman–Crippen LogP) is 18.1. The highest BCUT2D eigenvalue weighted by Gasteiger charge is 2.47. The molecule has 0 saturated heterocycles. The average Bonchev–Trinajstić information content (AvgIpc) is 3.87. The van der Waals surface area contributed by atoms with Crippen LogP contribution in [0.25, 0.3) is 82.8 Å². The van der Waals surface area contributed by atoms with Crippen LogP contribution in [-0.4, -0.2) is 0 Å². The molecule has 6 aromatic rings. The molecule has 14 rings (SSSR count). The molecule has 3 atom stereocenters. The zero-order valence-corrected chi connectivity index (χ0v) is 38.2. The van der Waals surface area contributed by atoms with E-state index in [9.17, 15) is 0 Å². The Kier molecular flexibility index (Phi) is 8.68. The third-order valence-corrected chi connectivity index (χ3v) is 16.8. The zero-order chi connectivity index (χ0) is 43.6. The first-order chi connectivity index (χ1) is 32.6. The Bertz CT molecular complexity index is 3500. The van der Waals surface area contributed by atoms with Gasteiger partial charge in [0.25, 0.3) is 0 Å². The second-order valence-electron chi connectivity index (χ2n) is 20.2. The van der Waals surface area contributed by atoms with Gasteiger partial charge < -0.3 is 0 Å². The first kappa shape index (κ1) is 38.5. The van der Waals surface area contributed by atoms with E-state index < -0.39 is 0 Å². The van der Waals surface area contributed by atoms with Crippen LogP contribution in [0.2, 0.25) is 0 Å². The van der Waals surface area contributed by atoms with Gasteiger partial charge in [0.2, 0.25) is 0 Å². The van der Waals surface area contributed by atoms with Crippen LogP contribution in [0, 0.1) is 17.8 Å². The Morgan fingerprint density at radius 1 is 0.545 bits per heavy atom. The van der Waals surface area contributed by atoms with Crippen LogP contribution in [0.5, 0.6) is 0 Å². The Morgan fingerprint density at radius 3 is 2.15 bits per heavy atom. The largest absolute Gasteiger partial charge is 0.0842 e. The van der Waals surface area contributed by atoms with Gasteiger partial charge in [-0.2, -0.15) is 0 Å². The van der Waals surface area contributed by atoms with Crippen LogP contribution in [-0.2, 0) is 0 Å². The van der Waals surface area contributed by atoms with Crippen LogP contribution in [0.1, 0.15) is 99.5 Å². The second-order valence-corrected chi connectivity index (χ2v) is 20.2. The Morgan fingerprint density at radius 2 is 1.32 bits per heavy atom. The summed E-state index contributed by atoms with van der Waals surface area (Å²) in [5.41, 5.74) is 30.8. The van der Waals surface area contributed by atoms with Gasteiger partial charge in [-0.25, -0.2) is 0 Å². The molecule has 0 bridgehead atoms. The van der Waals surface area contributed by atoms with Gasteiger partial charge >= 0.3 is 0 Å². The van der Waals surface area contributed by atoms with Crippen molar-refractivity contribution in [2.75, 3.05) is 0 Å². The standard InChI is InChI=1S/C66H54/c1-39-18-15-19-40(2)59(39)44-35-34-43-36-57-61-52(55(43)37-44)31-17-33-54(61)65-62(49-28-13-9-24-45(49)41-20-5-3-6-21-41)58-38-56-48-27-12-11-26-47(48)51-30-16-32-53(60(51)56)63(58)64(66(57)65)50-29-14-10-25-46(50)42-22-7-4-8-23-42/h3-7,9-11,13-16,18,20-22,24-26,28-30,32-33,36-38,40,52,61H,8,12,17,19,23,27,31,34-35H2,1-2H3. The van der Waals surface area contributed by atoms with Crippen LogP contribution in [0.4, 0.5) is 0 Å². The van der Waals surface area contributed by atoms with Crippen molar-refractivity contribution in [3.63, 3.8) is 0 Å². The molecule has 6 aromatic carbocycles. The van der Waals surface area contributed by atoms with Gasteiger partial charge in [0.1, 0.15) is 0 Å². The lowest BCUT2D eigenvalue weighted by atomic mass is 9.66. The molecule has 66 heavy (non-hydrogen) atoms. The minimum Gasteiger partial charge on any atom is -0.0842 e. The normalized spacial score (nSPS) is 22.3. The summed E-state index contributed by atoms with van der Waals surface area (Å²) in [5, 5.41) is 5.65. The van der Waals surface area contributed by atoms with Crippen LogP contribution < -0.4 is 0 Å².